The maximum atomic E-state index is 11.6. The second-order valence-electron chi connectivity index (χ2n) is 7.34. The number of aliphatic hydroxyl groups is 1. The summed E-state index contributed by atoms with van der Waals surface area (Å²) in [5, 5.41) is 11.6. The van der Waals surface area contributed by atoms with Crippen LogP contribution in [0, 0.1) is 10.8 Å². The molecule has 0 spiro atoms. The highest BCUT2D eigenvalue weighted by atomic mass is 35.5. The molecular weight excluding hydrogens is 353 g/mol. The lowest BCUT2D eigenvalue weighted by atomic mass is 9.39. The van der Waals surface area contributed by atoms with Crippen molar-refractivity contribution in [2.45, 2.75) is 39.3 Å². The van der Waals surface area contributed by atoms with Crippen LogP contribution in [-0.2, 0) is 5.60 Å². The summed E-state index contributed by atoms with van der Waals surface area (Å²) in [6.07, 6.45) is 0. The highest BCUT2D eigenvalue weighted by Gasteiger charge is 2.73. The van der Waals surface area contributed by atoms with Gasteiger partial charge in [0.1, 0.15) is 5.60 Å². The Hall–Kier alpha value is 0.01000. The third kappa shape index (κ3) is 3.02. The van der Waals surface area contributed by atoms with Crippen LogP contribution in [-0.4, -0.2) is 40.9 Å². The highest BCUT2D eigenvalue weighted by Crippen LogP contribution is 2.68. The zero-order chi connectivity index (χ0) is 16.6. The molecule has 0 aliphatic heterocycles. The molecule has 0 radical (unpaired) electrons. The molecule has 132 valence electrons. The summed E-state index contributed by atoms with van der Waals surface area (Å²) in [7, 11) is 0. The molecule has 0 amide bonds. The van der Waals surface area contributed by atoms with E-state index < -0.39 is 5.60 Å². The minimum absolute atomic E-state index is 0. The molecular formula is C18H28Cl3NO. The number of hydrogen-bond donors (Lipinski definition) is 1. The van der Waals surface area contributed by atoms with Crippen molar-refractivity contribution >= 4 is 35.6 Å². The van der Waals surface area contributed by atoms with Crippen LogP contribution in [0.1, 0.15) is 33.3 Å². The van der Waals surface area contributed by atoms with Gasteiger partial charge in [0.05, 0.1) is 0 Å². The van der Waals surface area contributed by atoms with Crippen molar-refractivity contribution in [3.05, 3.63) is 35.9 Å². The highest BCUT2D eigenvalue weighted by molar-refractivity contribution is 6.18. The summed E-state index contributed by atoms with van der Waals surface area (Å²) in [5.41, 5.74) is -0.452. The number of benzene rings is 1. The Morgan fingerprint density at radius 3 is 1.78 bits per heavy atom. The number of halogens is 3. The molecule has 1 aromatic rings. The van der Waals surface area contributed by atoms with Crippen LogP contribution in [0.15, 0.2) is 30.3 Å². The predicted molar refractivity (Wildman–Crippen MR) is 102 cm³/mol. The molecule has 1 fully saturated rings. The topological polar surface area (TPSA) is 23.5 Å². The monoisotopic (exact) mass is 379 g/mol. The number of nitrogens with zero attached hydrogens (tertiary/aromatic N) is 1. The second-order valence-corrected chi connectivity index (χ2v) is 8.09. The number of alkyl halides is 2. The van der Waals surface area contributed by atoms with Crippen LogP contribution in [0.4, 0.5) is 0 Å². The quantitative estimate of drug-likeness (QED) is 0.734. The Bertz CT molecular complexity index is 482. The van der Waals surface area contributed by atoms with Gasteiger partial charge >= 0.3 is 0 Å². The zero-order valence-corrected chi connectivity index (χ0v) is 16.7. The molecule has 1 saturated carbocycles. The first-order valence-electron chi connectivity index (χ1n) is 7.89. The van der Waals surface area contributed by atoms with E-state index in [1.807, 2.05) is 30.3 Å². The fraction of sp³-hybridized carbons (Fsp3) is 0.667. The Balaban J connectivity index is 0.00000264. The summed E-state index contributed by atoms with van der Waals surface area (Å²) in [6.45, 7) is 10.2. The van der Waals surface area contributed by atoms with Gasteiger partial charge in [-0.3, -0.25) is 4.90 Å². The first-order chi connectivity index (χ1) is 10.2. The summed E-state index contributed by atoms with van der Waals surface area (Å²) >= 11 is 12.0. The van der Waals surface area contributed by atoms with Gasteiger partial charge in [-0.05, 0) is 5.56 Å². The van der Waals surface area contributed by atoms with Gasteiger partial charge in [-0.1, -0.05) is 58.0 Å². The van der Waals surface area contributed by atoms with Gasteiger partial charge < -0.3 is 5.11 Å². The molecule has 0 aromatic heterocycles. The largest absolute Gasteiger partial charge is 0.384 e. The zero-order valence-electron chi connectivity index (χ0n) is 14.4. The lowest BCUT2D eigenvalue weighted by Crippen LogP contribution is -2.78. The summed E-state index contributed by atoms with van der Waals surface area (Å²) < 4.78 is 0. The molecule has 1 aromatic carbocycles. The second kappa shape index (κ2) is 7.49. The minimum Gasteiger partial charge on any atom is -0.384 e. The van der Waals surface area contributed by atoms with Gasteiger partial charge in [0.25, 0.3) is 0 Å². The van der Waals surface area contributed by atoms with Gasteiger partial charge in [0.15, 0.2) is 0 Å². The molecule has 0 saturated heterocycles. The van der Waals surface area contributed by atoms with E-state index in [9.17, 15) is 5.11 Å². The third-order valence-corrected chi connectivity index (χ3v) is 5.87. The fourth-order valence-electron chi connectivity index (χ4n) is 4.97. The van der Waals surface area contributed by atoms with E-state index in [4.69, 9.17) is 23.2 Å². The van der Waals surface area contributed by atoms with Crippen LogP contribution < -0.4 is 0 Å². The molecule has 2 nitrogen and oxygen atoms in total. The van der Waals surface area contributed by atoms with E-state index in [0.717, 1.165) is 18.7 Å². The molecule has 5 heteroatoms. The van der Waals surface area contributed by atoms with E-state index in [-0.39, 0.29) is 29.3 Å². The van der Waals surface area contributed by atoms with Crippen LogP contribution in [0.5, 0.6) is 0 Å². The van der Waals surface area contributed by atoms with Crippen molar-refractivity contribution in [3.63, 3.8) is 0 Å². The van der Waals surface area contributed by atoms with Crippen molar-refractivity contribution in [2.24, 2.45) is 10.8 Å². The van der Waals surface area contributed by atoms with Crippen LogP contribution in [0.3, 0.4) is 0 Å². The molecule has 0 unspecified atom stereocenters. The summed E-state index contributed by atoms with van der Waals surface area (Å²) in [5.74, 6) is 1.15. The predicted octanol–water partition coefficient (Wildman–Crippen LogP) is 4.51. The lowest BCUT2D eigenvalue weighted by Gasteiger charge is -2.72. The molecule has 23 heavy (non-hydrogen) atoms. The minimum atomic E-state index is -0.872. The average Bonchev–Trinajstić information content (AvgIpc) is 2.47. The maximum Gasteiger partial charge on any atom is 0.103 e. The van der Waals surface area contributed by atoms with Crippen LogP contribution in [0.2, 0.25) is 0 Å². The van der Waals surface area contributed by atoms with Gasteiger partial charge in [0.2, 0.25) is 0 Å². The van der Waals surface area contributed by atoms with Crippen LogP contribution in [0.25, 0.3) is 0 Å². The van der Waals surface area contributed by atoms with E-state index in [0.29, 0.717) is 11.8 Å². The molecule has 1 aliphatic rings. The number of rotatable bonds is 6. The van der Waals surface area contributed by atoms with E-state index in [2.05, 4.69) is 32.6 Å². The Labute approximate surface area is 156 Å². The molecule has 1 aliphatic carbocycles. The SMILES string of the molecule is CC1(C)C(N(CCCl)CCCl)C(C)(C)C1(O)c1ccccc1.Cl. The van der Waals surface area contributed by atoms with Gasteiger partial charge in [-0.25, -0.2) is 0 Å². The van der Waals surface area contributed by atoms with Crippen molar-refractivity contribution in [1.29, 1.82) is 0 Å². The molecule has 2 rings (SSSR count). The first kappa shape index (κ1) is 21.1. The smallest absolute Gasteiger partial charge is 0.103 e. The normalized spacial score (nSPS) is 28.1. The third-order valence-electron chi connectivity index (χ3n) is 5.53. The maximum absolute atomic E-state index is 11.6. The van der Waals surface area contributed by atoms with E-state index in [1.54, 1.807) is 0 Å². The lowest BCUT2D eigenvalue weighted by molar-refractivity contribution is -0.306. The Kier molecular flexibility index (Phi) is 6.86. The molecule has 0 atom stereocenters. The van der Waals surface area contributed by atoms with Crippen molar-refractivity contribution in [2.75, 3.05) is 24.8 Å². The molecule has 1 N–H and O–H groups in total. The Morgan fingerprint density at radius 1 is 0.957 bits per heavy atom. The Morgan fingerprint density at radius 2 is 1.39 bits per heavy atom. The van der Waals surface area contributed by atoms with Crippen LogP contribution >= 0.6 is 35.6 Å². The standard InChI is InChI=1S/C18H27Cl2NO.ClH/c1-16(2)15(21(12-10-19)13-11-20)17(3,4)18(16,22)14-8-6-5-7-9-14;/h5-9,15,22H,10-13H2,1-4H3;1H. The van der Waals surface area contributed by atoms with Crippen molar-refractivity contribution in [1.82, 2.24) is 4.90 Å². The van der Waals surface area contributed by atoms with E-state index in [1.165, 1.54) is 0 Å². The van der Waals surface area contributed by atoms with E-state index >= 15 is 0 Å². The molecule has 0 heterocycles. The van der Waals surface area contributed by atoms with Gasteiger partial charge in [-0.2, -0.15) is 0 Å². The molecule has 0 bridgehead atoms. The summed E-state index contributed by atoms with van der Waals surface area (Å²) in [6, 6.07) is 10.2. The van der Waals surface area contributed by atoms with Crippen molar-refractivity contribution in [3.8, 4) is 0 Å². The van der Waals surface area contributed by atoms with Crippen molar-refractivity contribution < 1.29 is 5.11 Å². The summed E-state index contributed by atoms with van der Waals surface area (Å²) in [4.78, 5) is 2.33. The van der Waals surface area contributed by atoms with Gasteiger partial charge in [0, 0.05) is 41.7 Å². The average molecular weight is 381 g/mol. The number of hydrogen-bond acceptors (Lipinski definition) is 2. The fourth-order valence-corrected chi connectivity index (χ4v) is 5.41. The first-order valence-corrected chi connectivity index (χ1v) is 8.96. The van der Waals surface area contributed by atoms with Gasteiger partial charge in [-0.15, -0.1) is 35.6 Å².